The summed E-state index contributed by atoms with van der Waals surface area (Å²) in [6, 6.07) is 20.1. The second-order valence-electron chi connectivity index (χ2n) is 6.92. The van der Waals surface area contributed by atoms with E-state index in [2.05, 4.69) is 20.8 Å². The van der Waals surface area contributed by atoms with Gasteiger partial charge in [0.15, 0.2) is 6.61 Å². The molecule has 0 spiro atoms. The molecule has 4 rings (SSSR count). The number of rotatable bonds is 5. The molecule has 0 aliphatic rings. The van der Waals surface area contributed by atoms with Crippen LogP contribution in [0.5, 0.6) is 5.75 Å². The Kier molecular flexibility index (Phi) is 5.84. The van der Waals surface area contributed by atoms with Crippen molar-refractivity contribution in [3.8, 4) is 17.0 Å². The number of ether oxygens (including phenoxy) is 1. The number of aromatic nitrogens is 2. The molecule has 4 aromatic rings. The molecule has 154 valence electrons. The van der Waals surface area contributed by atoms with Gasteiger partial charge in [0.05, 0.1) is 16.8 Å². The van der Waals surface area contributed by atoms with E-state index in [9.17, 15) is 9.59 Å². The van der Waals surface area contributed by atoms with Crippen molar-refractivity contribution in [1.82, 2.24) is 20.8 Å². The Bertz CT molecular complexity index is 1240. The smallest absolute Gasteiger partial charge is 0.276 e. The number of nitrogens with one attached hydrogen (secondary N) is 2. The molecule has 0 saturated carbocycles. The van der Waals surface area contributed by atoms with Crippen LogP contribution in [-0.2, 0) is 4.79 Å². The molecular formula is C24H20N4O3. The summed E-state index contributed by atoms with van der Waals surface area (Å²) >= 11 is 0. The Labute approximate surface area is 179 Å². The number of aryl methyl sites for hydroxylation is 1. The largest absolute Gasteiger partial charge is 0.484 e. The standard InChI is InChI=1S/C24H20N4O3/c1-16-5-4-6-18(13-16)31-15-23(29)27-28-24(30)20-14-22(17-9-11-25-12-10-17)26-21-8-3-2-7-19(20)21/h2-14H,15H2,1H3,(H,27,29)(H,28,30). The number of nitrogens with zero attached hydrogens (tertiary/aromatic N) is 2. The molecule has 0 saturated heterocycles. The minimum Gasteiger partial charge on any atom is -0.484 e. The van der Waals surface area contributed by atoms with Gasteiger partial charge in [-0.3, -0.25) is 25.4 Å². The number of hydrogen-bond acceptors (Lipinski definition) is 5. The van der Waals surface area contributed by atoms with Crippen molar-refractivity contribution < 1.29 is 14.3 Å². The van der Waals surface area contributed by atoms with Crippen LogP contribution < -0.4 is 15.6 Å². The topological polar surface area (TPSA) is 93.2 Å². The van der Waals surface area contributed by atoms with E-state index in [0.717, 1.165) is 11.1 Å². The average molecular weight is 412 g/mol. The highest BCUT2D eigenvalue weighted by Crippen LogP contribution is 2.24. The van der Waals surface area contributed by atoms with Gasteiger partial charge in [-0.25, -0.2) is 4.98 Å². The molecule has 31 heavy (non-hydrogen) atoms. The first-order chi connectivity index (χ1) is 15.1. The van der Waals surface area contributed by atoms with E-state index in [1.807, 2.05) is 61.5 Å². The molecular weight excluding hydrogens is 392 g/mol. The van der Waals surface area contributed by atoms with Crippen molar-refractivity contribution in [3.63, 3.8) is 0 Å². The molecule has 0 bridgehead atoms. The third-order valence-corrected chi connectivity index (χ3v) is 4.61. The van der Waals surface area contributed by atoms with Gasteiger partial charge in [0, 0.05) is 23.3 Å². The number of hydrazine groups is 1. The lowest BCUT2D eigenvalue weighted by Crippen LogP contribution is -2.43. The molecule has 2 heterocycles. The SMILES string of the molecule is Cc1cccc(OCC(=O)NNC(=O)c2cc(-c3ccncc3)nc3ccccc23)c1. The Morgan fingerprint density at radius 1 is 0.935 bits per heavy atom. The molecule has 2 aromatic carbocycles. The van der Waals surface area contributed by atoms with E-state index < -0.39 is 11.8 Å². The Morgan fingerprint density at radius 2 is 1.74 bits per heavy atom. The van der Waals surface area contributed by atoms with Crippen molar-refractivity contribution >= 4 is 22.7 Å². The molecule has 0 aliphatic carbocycles. The zero-order valence-electron chi connectivity index (χ0n) is 16.8. The van der Waals surface area contributed by atoms with E-state index in [-0.39, 0.29) is 6.61 Å². The van der Waals surface area contributed by atoms with Gasteiger partial charge in [0.25, 0.3) is 11.8 Å². The van der Waals surface area contributed by atoms with E-state index in [0.29, 0.717) is 27.9 Å². The molecule has 0 aliphatic heterocycles. The first kappa shape index (κ1) is 20.0. The van der Waals surface area contributed by atoms with Crippen molar-refractivity contribution in [3.05, 3.63) is 90.3 Å². The van der Waals surface area contributed by atoms with Crippen LogP contribution in [0.15, 0.2) is 79.1 Å². The van der Waals surface area contributed by atoms with Gasteiger partial charge >= 0.3 is 0 Å². The number of para-hydroxylation sites is 1. The summed E-state index contributed by atoms with van der Waals surface area (Å²) in [7, 11) is 0. The Hall–Kier alpha value is -4.26. The third-order valence-electron chi connectivity index (χ3n) is 4.61. The van der Waals surface area contributed by atoms with E-state index in [1.165, 1.54) is 0 Å². The molecule has 2 amide bonds. The normalized spacial score (nSPS) is 10.5. The number of pyridine rings is 2. The lowest BCUT2D eigenvalue weighted by atomic mass is 10.0. The van der Waals surface area contributed by atoms with Gasteiger partial charge in [-0.2, -0.15) is 0 Å². The number of benzene rings is 2. The molecule has 7 nitrogen and oxygen atoms in total. The van der Waals surface area contributed by atoms with Crippen LogP contribution in [0.2, 0.25) is 0 Å². The summed E-state index contributed by atoms with van der Waals surface area (Å²) in [6.07, 6.45) is 3.33. The quantitative estimate of drug-likeness (QED) is 0.490. The van der Waals surface area contributed by atoms with Crippen LogP contribution >= 0.6 is 0 Å². The van der Waals surface area contributed by atoms with Gasteiger partial charge < -0.3 is 4.74 Å². The summed E-state index contributed by atoms with van der Waals surface area (Å²) in [5.41, 5.74) is 8.44. The molecule has 0 unspecified atom stereocenters. The fourth-order valence-electron chi connectivity index (χ4n) is 3.12. The fraction of sp³-hybridized carbons (Fsp3) is 0.0833. The van der Waals surface area contributed by atoms with Crippen LogP contribution in [0, 0.1) is 6.92 Å². The minimum atomic E-state index is -0.470. The molecule has 0 fully saturated rings. The van der Waals surface area contributed by atoms with E-state index in [1.54, 1.807) is 24.5 Å². The van der Waals surface area contributed by atoms with Crippen LogP contribution in [-0.4, -0.2) is 28.4 Å². The summed E-state index contributed by atoms with van der Waals surface area (Å²) in [6.45, 7) is 1.72. The molecule has 2 N–H and O–H groups in total. The van der Waals surface area contributed by atoms with Crippen molar-refractivity contribution in [2.45, 2.75) is 6.92 Å². The van der Waals surface area contributed by atoms with Crippen molar-refractivity contribution in [1.29, 1.82) is 0 Å². The number of fused-ring (bicyclic) bond motifs is 1. The second-order valence-corrected chi connectivity index (χ2v) is 6.92. The fourth-order valence-corrected chi connectivity index (χ4v) is 3.12. The number of hydrogen-bond donors (Lipinski definition) is 2. The van der Waals surface area contributed by atoms with Crippen LogP contribution in [0.25, 0.3) is 22.2 Å². The number of carbonyl (C=O) groups is 2. The van der Waals surface area contributed by atoms with Crippen LogP contribution in [0.4, 0.5) is 0 Å². The lowest BCUT2D eigenvalue weighted by molar-refractivity contribution is -0.123. The lowest BCUT2D eigenvalue weighted by Gasteiger charge is -2.12. The highest BCUT2D eigenvalue weighted by Gasteiger charge is 2.15. The van der Waals surface area contributed by atoms with Gasteiger partial charge in [-0.1, -0.05) is 30.3 Å². The number of amides is 2. The van der Waals surface area contributed by atoms with Gasteiger partial charge in [0.1, 0.15) is 5.75 Å². The summed E-state index contributed by atoms with van der Waals surface area (Å²) in [4.78, 5) is 33.6. The summed E-state index contributed by atoms with van der Waals surface area (Å²) < 4.78 is 5.45. The van der Waals surface area contributed by atoms with Crippen LogP contribution in [0.3, 0.4) is 0 Å². The molecule has 0 radical (unpaired) electrons. The zero-order valence-corrected chi connectivity index (χ0v) is 16.8. The third kappa shape index (κ3) is 4.84. The Morgan fingerprint density at radius 3 is 2.55 bits per heavy atom. The predicted molar refractivity (Wildman–Crippen MR) is 117 cm³/mol. The molecule has 2 aromatic heterocycles. The van der Waals surface area contributed by atoms with Gasteiger partial charge in [0.2, 0.25) is 0 Å². The molecule has 0 atom stereocenters. The summed E-state index contributed by atoms with van der Waals surface area (Å²) in [5.74, 6) is -0.330. The highest BCUT2D eigenvalue weighted by molar-refractivity contribution is 6.07. The minimum absolute atomic E-state index is 0.219. The number of carbonyl (C=O) groups excluding carboxylic acids is 2. The first-order valence-electron chi connectivity index (χ1n) is 9.69. The zero-order chi connectivity index (χ0) is 21.6. The van der Waals surface area contributed by atoms with Crippen molar-refractivity contribution in [2.24, 2.45) is 0 Å². The van der Waals surface area contributed by atoms with E-state index >= 15 is 0 Å². The second kappa shape index (κ2) is 9.04. The maximum absolute atomic E-state index is 12.9. The summed E-state index contributed by atoms with van der Waals surface area (Å²) in [5, 5.41) is 0.683. The maximum Gasteiger partial charge on any atom is 0.276 e. The van der Waals surface area contributed by atoms with Gasteiger partial charge in [-0.15, -0.1) is 0 Å². The van der Waals surface area contributed by atoms with E-state index in [4.69, 9.17) is 4.74 Å². The van der Waals surface area contributed by atoms with Gasteiger partial charge in [-0.05, 0) is 48.9 Å². The van der Waals surface area contributed by atoms with Crippen molar-refractivity contribution in [2.75, 3.05) is 6.61 Å². The average Bonchev–Trinajstić information content (AvgIpc) is 2.81. The molecule has 7 heteroatoms. The highest BCUT2D eigenvalue weighted by atomic mass is 16.5. The maximum atomic E-state index is 12.9. The first-order valence-corrected chi connectivity index (χ1v) is 9.69. The predicted octanol–water partition coefficient (Wildman–Crippen LogP) is 3.45. The monoisotopic (exact) mass is 412 g/mol. The van der Waals surface area contributed by atoms with Crippen LogP contribution in [0.1, 0.15) is 15.9 Å². The Balaban J connectivity index is 1.48.